The molecule has 3 aromatic rings. The lowest BCUT2D eigenvalue weighted by Gasteiger charge is -2.22. The van der Waals surface area contributed by atoms with Gasteiger partial charge < -0.3 is 9.30 Å². The molecule has 2 amide bonds. The smallest absolute Gasteiger partial charge is 0.260 e. The first kappa shape index (κ1) is 22.4. The fraction of sp³-hybridized carbons (Fsp3) is 0.304. The number of ether oxygens (including phenoxy) is 1. The number of carbonyl (C=O) groups excluding carboxylic acids is 2. The molecule has 166 valence electrons. The lowest BCUT2D eigenvalue weighted by molar-refractivity contribution is -0.127. The highest BCUT2D eigenvalue weighted by atomic mass is 35.5. The largest absolute Gasteiger partial charge is 0.496 e. The summed E-state index contributed by atoms with van der Waals surface area (Å²) >= 11 is 7.28. The Morgan fingerprint density at radius 2 is 1.88 bits per heavy atom. The quantitative estimate of drug-likeness (QED) is 0.512. The van der Waals surface area contributed by atoms with E-state index in [1.165, 1.54) is 16.7 Å². The minimum absolute atomic E-state index is 0.200. The van der Waals surface area contributed by atoms with Crippen LogP contribution in [0.4, 0.5) is 0 Å². The molecule has 1 unspecified atom stereocenters. The molecule has 0 N–H and O–H groups in total. The summed E-state index contributed by atoms with van der Waals surface area (Å²) in [6, 6.07) is 14.2. The van der Waals surface area contributed by atoms with E-state index in [1.807, 2.05) is 35.9 Å². The number of para-hydroxylation sites is 1. The molecule has 0 spiro atoms. The number of hydrogen-bond acceptors (Lipinski definition) is 6. The number of imide groups is 1. The third kappa shape index (κ3) is 4.52. The first-order valence-electron chi connectivity index (χ1n) is 10.3. The third-order valence-electron chi connectivity index (χ3n) is 5.41. The molecule has 9 heteroatoms. The maximum absolute atomic E-state index is 13.3. The fourth-order valence-electron chi connectivity index (χ4n) is 3.68. The van der Waals surface area contributed by atoms with Gasteiger partial charge in [0.1, 0.15) is 5.75 Å². The summed E-state index contributed by atoms with van der Waals surface area (Å²) < 4.78 is 7.30. The van der Waals surface area contributed by atoms with Gasteiger partial charge >= 0.3 is 0 Å². The maximum atomic E-state index is 13.3. The highest BCUT2D eigenvalue weighted by molar-refractivity contribution is 8.00. The molecule has 0 bridgehead atoms. The molecule has 1 aliphatic rings. The van der Waals surface area contributed by atoms with Crippen molar-refractivity contribution in [2.75, 3.05) is 13.7 Å². The van der Waals surface area contributed by atoms with Gasteiger partial charge in [-0.1, -0.05) is 41.9 Å². The Bertz CT molecular complexity index is 1130. The van der Waals surface area contributed by atoms with Gasteiger partial charge in [-0.3, -0.25) is 14.5 Å². The van der Waals surface area contributed by atoms with E-state index in [9.17, 15) is 9.59 Å². The predicted molar refractivity (Wildman–Crippen MR) is 124 cm³/mol. The zero-order valence-corrected chi connectivity index (χ0v) is 19.4. The summed E-state index contributed by atoms with van der Waals surface area (Å²) in [7, 11) is 3.48. The van der Waals surface area contributed by atoms with E-state index in [0.717, 1.165) is 18.4 Å². The van der Waals surface area contributed by atoms with Crippen molar-refractivity contribution < 1.29 is 14.3 Å². The highest BCUT2D eigenvalue weighted by Gasteiger charge is 2.33. The number of likely N-dealkylation sites (tertiary alicyclic amines) is 1. The number of hydrogen-bond donors (Lipinski definition) is 0. The van der Waals surface area contributed by atoms with E-state index in [4.69, 9.17) is 16.3 Å². The molecule has 1 aliphatic heterocycles. The molecule has 2 heterocycles. The number of benzene rings is 2. The van der Waals surface area contributed by atoms with Crippen LogP contribution in [0.1, 0.15) is 29.6 Å². The fourth-order valence-corrected chi connectivity index (χ4v) is 4.90. The van der Waals surface area contributed by atoms with Crippen LogP contribution in [0.5, 0.6) is 5.75 Å². The van der Waals surface area contributed by atoms with Crippen LogP contribution in [0.15, 0.2) is 53.7 Å². The Morgan fingerprint density at radius 1 is 1.12 bits per heavy atom. The van der Waals surface area contributed by atoms with Gasteiger partial charge in [-0.05, 0) is 49.2 Å². The van der Waals surface area contributed by atoms with Crippen molar-refractivity contribution in [3.05, 3.63) is 59.1 Å². The number of amides is 2. The number of aromatic nitrogens is 3. The Balaban J connectivity index is 1.56. The first-order valence-corrected chi connectivity index (χ1v) is 11.6. The van der Waals surface area contributed by atoms with Gasteiger partial charge in [-0.2, -0.15) is 0 Å². The van der Waals surface area contributed by atoms with Crippen molar-refractivity contribution in [1.82, 2.24) is 19.7 Å². The molecule has 4 rings (SSSR count). The van der Waals surface area contributed by atoms with E-state index >= 15 is 0 Å². The maximum Gasteiger partial charge on any atom is 0.260 e. The normalized spacial score (nSPS) is 16.7. The van der Waals surface area contributed by atoms with E-state index in [1.54, 1.807) is 31.4 Å². The van der Waals surface area contributed by atoms with Crippen LogP contribution in [0.3, 0.4) is 0 Å². The lowest BCUT2D eigenvalue weighted by Crippen LogP contribution is -2.41. The van der Waals surface area contributed by atoms with Crippen LogP contribution in [-0.4, -0.2) is 50.4 Å². The van der Waals surface area contributed by atoms with Gasteiger partial charge in [0.2, 0.25) is 5.91 Å². The lowest BCUT2D eigenvalue weighted by atomic mass is 10.2. The molecular weight excluding hydrogens is 448 g/mol. The molecule has 7 nitrogen and oxygen atoms in total. The molecule has 0 aliphatic carbocycles. The SMILES string of the molecule is COc1ccccc1-c1nnc(SC2CCCCN(C(=O)c3ccc(Cl)cc3)C2=O)n1C. The minimum Gasteiger partial charge on any atom is -0.496 e. The van der Waals surface area contributed by atoms with Gasteiger partial charge in [0.15, 0.2) is 11.0 Å². The summed E-state index contributed by atoms with van der Waals surface area (Å²) in [5.74, 6) is 0.853. The average molecular weight is 471 g/mol. The van der Waals surface area contributed by atoms with Gasteiger partial charge in [-0.25, -0.2) is 0 Å². The van der Waals surface area contributed by atoms with Crippen molar-refractivity contribution in [3.63, 3.8) is 0 Å². The summed E-state index contributed by atoms with van der Waals surface area (Å²) in [5, 5.41) is 9.39. The van der Waals surface area contributed by atoms with Crippen LogP contribution in [0.25, 0.3) is 11.4 Å². The van der Waals surface area contributed by atoms with Crippen LogP contribution < -0.4 is 4.74 Å². The summed E-state index contributed by atoms with van der Waals surface area (Å²) in [5.41, 5.74) is 1.27. The number of halogens is 1. The minimum atomic E-state index is -0.415. The van der Waals surface area contributed by atoms with Crippen LogP contribution in [0.2, 0.25) is 5.02 Å². The molecule has 1 aromatic heterocycles. The monoisotopic (exact) mass is 470 g/mol. The molecule has 0 radical (unpaired) electrons. The molecule has 1 saturated heterocycles. The van der Waals surface area contributed by atoms with E-state index in [2.05, 4.69) is 10.2 Å². The predicted octanol–water partition coefficient (Wildman–Crippen LogP) is 4.46. The second-order valence-electron chi connectivity index (χ2n) is 7.47. The molecule has 1 fully saturated rings. The molecule has 2 aromatic carbocycles. The van der Waals surface area contributed by atoms with Crippen molar-refractivity contribution >= 4 is 35.2 Å². The summed E-state index contributed by atoms with van der Waals surface area (Å²) in [6.07, 6.45) is 2.29. The van der Waals surface area contributed by atoms with Crippen molar-refractivity contribution in [1.29, 1.82) is 0 Å². The van der Waals surface area contributed by atoms with E-state index < -0.39 is 5.25 Å². The number of methoxy groups -OCH3 is 1. The number of rotatable bonds is 5. The second-order valence-corrected chi connectivity index (χ2v) is 9.08. The van der Waals surface area contributed by atoms with Gasteiger partial charge in [-0.15, -0.1) is 10.2 Å². The Labute approximate surface area is 195 Å². The van der Waals surface area contributed by atoms with Crippen molar-refractivity contribution in [2.24, 2.45) is 7.05 Å². The zero-order valence-electron chi connectivity index (χ0n) is 17.8. The third-order valence-corrected chi connectivity index (χ3v) is 6.95. The highest BCUT2D eigenvalue weighted by Crippen LogP contribution is 2.33. The van der Waals surface area contributed by atoms with Crippen LogP contribution >= 0.6 is 23.4 Å². The van der Waals surface area contributed by atoms with Crippen LogP contribution in [-0.2, 0) is 11.8 Å². The number of thioether (sulfide) groups is 1. The zero-order chi connectivity index (χ0) is 22.7. The standard InChI is InChI=1S/C23H23ClN4O3S/c1-27-20(17-7-3-4-8-18(17)31-2)25-26-23(27)32-19-9-5-6-14-28(22(19)30)21(29)15-10-12-16(24)13-11-15/h3-4,7-8,10-13,19H,5-6,9,14H2,1-2H3. The van der Waals surface area contributed by atoms with Gasteiger partial charge in [0, 0.05) is 24.2 Å². The number of nitrogens with zero attached hydrogens (tertiary/aromatic N) is 4. The number of carbonyl (C=O) groups is 2. The van der Waals surface area contributed by atoms with Crippen molar-refractivity contribution in [2.45, 2.75) is 29.7 Å². The van der Waals surface area contributed by atoms with Crippen LogP contribution in [0, 0.1) is 0 Å². The molecule has 0 saturated carbocycles. The van der Waals surface area contributed by atoms with Crippen molar-refractivity contribution in [3.8, 4) is 17.1 Å². The Morgan fingerprint density at radius 3 is 2.62 bits per heavy atom. The Kier molecular flexibility index (Phi) is 6.81. The Hall–Kier alpha value is -2.84. The summed E-state index contributed by atoms with van der Waals surface area (Å²) in [6.45, 7) is 0.405. The molecular formula is C23H23ClN4O3S. The molecule has 1 atom stereocenters. The average Bonchev–Trinajstić information content (AvgIpc) is 3.06. The van der Waals surface area contributed by atoms with E-state index in [-0.39, 0.29) is 11.8 Å². The first-order chi connectivity index (χ1) is 15.5. The molecule has 32 heavy (non-hydrogen) atoms. The van der Waals surface area contributed by atoms with E-state index in [0.29, 0.717) is 40.3 Å². The summed E-state index contributed by atoms with van der Waals surface area (Å²) in [4.78, 5) is 27.7. The van der Waals surface area contributed by atoms with Gasteiger partial charge in [0.05, 0.1) is 17.9 Å². The van der Waals surface area contributed by atoms with Gasteiger partial charge in [0.25, 0.3) is 5.91 Å². The second kappa shape index (κ2) is 9.75. The topological polar surface area (TPSA) is 77.3 Å².